The normalized spacial score (nSPS) is 13.8. The number of allylic oxidation sites excluding steroid dienone is 4. The summed E-state index contributed by atoms with van der Waals surface area (Å²) in [6.07, 6.45) is 55.2. The third kappa shape index (κ3) is 48.2. The highest BCUT2D eigenvalue weighted by Gasteiger charge is 2.27. The molecular weight excluding hydrogens is 814 g/mol. The topological polar surface area (TPSA) is 155 Å². The number of esters is 1. The molecule has 0 aromatic carbocycles. The minimum atomic E-state index is -4.62. The van der Waals surface area contributed by atoms with Crippen molar-refractivity contribution in [1.82, 2.24) is 0 Å². The molecule has 0 rings (SSSR count). The van der Waals surface area contributed by atoms with Crippen molar-refractivity contribution >= 4 is 19.8 Å². The number of hydrogen-bond donors (Lipinski definition) is 3. The highest BCUT2D eigenvalue weighted by atomic mass is 31.2. The second-order valence-electron chi connectivity index (χ2n) is 18.0. The van der Waals surface area contributed by atoms with E-state index in [2.05, 4.69) is 38.2 Å². The van der Waals surface area contributed by atoms with Crippen molar-refractivity contribution in [1.29, 1.82) is 0 Å². The number of carboxylic acids is 1. The average Bonchev–Trinajstić information content (AvgIpc) is 3.26. The van der Waals surface area contributed by atoms with Crippen LogP contribution in [-0.2, 0) is 32.7 Å². The Bertz CT molecular complexity index is 1100. The van der Waals surface area contributed by atoms with Crippen molar-refractivity contribution in [2.75, 3.05) is 26.4 Å². The van der Waals surface area contributed by atoms with E-state index in [1.165, 1.54) is 193 Å². The molecule has 3 atom stereocenters. The maximum Gasteiger partial charge on any atom is 0.472 e. The highest BCUT2D eigenvalue weighted by Crippen LogP contribution is 2.43. The van der Waals surface area contributed by atoms with Gasteiger partial charge in [-0.3, -0.25) is 18.6 Å². The van der Waals surface area contributed by atoms with Crippen molar-refractivity contribution in [3.05, 3.63) is 24.3 Å². The molecule has 10 nitrogen and oxygen atoms in total. The zero-order valence-electron chi connectivity index (χ0n) is 40.9. The summed E-state index contributed by atoms with van der Waals surface area (Å²) in [5.74, 6) is -1.77. The Morgan fingerprint density at radius 2 is 0.825 bits per heavy atom. The molecule has 0 saturated heterocycles. The van der Waals surface area contributed by atoms with Gasteiger partial charge in [-0.1, -0.05) is 212 Å². The van der Waals surface area contributed by atoms with Gasteiger partial charge in [-0.05, 0) is 64.2 Å². The molecule has 4 N–H and O–H groups in total. The summed E-state index contributed by atoms with van der Waals surface area (Å²) in [5.41, 5.74) is 5.38. The Labute approximate surface area is 387 Å². The fraction of sp³-hybridized carbons (Fsp3) is 0.885. The van der Waals surface area contributed by atoms with Crippen LogP contribution in [0, 0.1) is 0 Å². The van der Waals surface area contributed by atoms with Crippen molar-refractivity contribution in [3.63, 3.8) is 0 Å². The first-order chi connectivity index (χ1) is 30.7. The van der Waals surface area contributed by atoms with Crippen LogP contribution < -0.4 is 5.73 Å². The van der Waals surface area contributed by atoms with E-state index >= 15 is 0 Å². The van der Waals surface area contributed by atoms with Crippen LogP contribution in [0.4, 0.5) is 0 Å². The van der Waals surface area contributed by atoms with E-state index in [9.17, 15) is 19.0 Å². The van der Waals surface area contributed by atoms with Crippen LogP contribution in [0.2, 0.25) is 0 Å². The average molecular weight is 914 g/mol. The van der Waals surface area contributed by atoms with Gasteiger partial charge >= 0.3 is 19.8 Å². The molecule has 0 saturated carbocycles. The number of hydrogen-bond acceptors (Lipinski definition) is 8. The molecule has 0 aliphatic rings. The Hall–Kier alpha value is -1.55. The van der Waals surface area contributed by atoms with Crippen molar-refractivity contribution in [2.24, 2.45) is 5.73 Å². The number of carbonyl (C=O) groups excluding carboxylic acids is 1. The number of ether oxygens (including phenoxy) is 2. The largest absolute Gasteiger partial charge is 0.480 e. The number of aliphatic carboxylic acids is 1. The predicted molar refractivity (Wildman–Crippen MR) is 263 cm³/mol. The van der Waals surface area contributed by atoms with E-state index in [0.717, 1.165) is 38.5 Å². The van der Waals surface area contributed by atoms with E-state index < -0.39 is 45.1 Å². The third-order valence-corrected chi connectivity index (χ3v) is 12.7. The number of carbonyl (C=O) groups is 2. The Kier molecular flexibility index (Phi) is 47.2. The minimum absolute atomic E-state index is 0.0181. The zero-order valence-corrected chi connectivity index (χ0v) is 41.8. The SMILES string of the molecule is CCCCCCCC/C=C\CCCCCCCCCCOCC(COP(=O)(O)OCC(N)C(=O)O)OC(=O)CCCCCCCCCCCCC/C=C\CCCCCCCCCC. The van der Waals surface area contributed by atoms with E-state index in [4.69, 9.17) is 29.4 Å². The minimum Gasteiger partial charge on any atom is -0.480 e. The molecule has 0 amide bonds. The van der Waals surface area contributed by atoms with Gasteiger partial charge < -0.3 is 25.2 Å². The van der Waals surface area contributed by atoms with Gasteiger partial charge in [0.1, 0.15) is 12.1 Å². The number of phosphoric ester groups is 1. The highest BCUT2D eigenvalue weighted by molar-refractivity contribution is 7.47. The van der Waals surface area contributed by atoms with E-state index in [1.807, 2.05) is 0 Å². The summed E-state index contributed by atoms with van der Waals surface area (Å²) in [6, 6.07) is -1.47. The van der Waals surface area contributed by atoms with Gasteiger partial charge in [0.25, 0.3) is 0 Å². The molecule has 0 aromatic heterocycles. The molecule has 0 radical (unpaired) electrons. The van der Waals surface area contributed by atoms with Gasteiger partial charge in [0.05, 0.1) is 19.8 Å². The van der Waals surface area contributed by atoms with Gasteiger partial charge in [0, 0.05) is 13.0 Å². The standard InChI is InChI=1S/C52H100NO9P/c1-3-5-7-9-11-13-15-17-19-21-23-24-25-26-27-28-30-32-34-36-38-40-42-44-51(54)62-49(47-60-63(57,58)61-48-50(53)52(55)56)46-59-45-43-41-39-37-35-33-31-29-22-20-18-16-14-12-10-8-6-4-2/h18,20-21,23,49-50H,3-17,19,22,24-48,53H2,1-2H3,(H,55,56)(H,57,58)/b20-18-,23-21-. The lowest BCUT2D eigenvalue weighted by Gasteiger charge is -2.20. The van der Waals surface area contributed by atoms with E-state index in [-0.39, 0.29) is 13.0 Å². The summed E-state index contributed by atoms with van der Waals surface area (Å²) in [6.45, 7) is 3.92. The molecule has 372 valence electrons. The van der Waals surface area contributed by atoms with Crippen LogP contribution in [0.15, 0.2) is 24.3 Å². The molecule has 0 aromatic rings. The summed E-state index contributed by atoms with van der Waals surface area (Å²) in [4.78, 5) is 33.7. The van der Waals surface area contributed by atoms with Crippen molar-refractivity contribution < 1.29 is 42.7 Å². The number of phosphoric acid groups is 1. The molecule has 11 heteroatoms. The van der Waals surface area contributed by atoms with Crippen LogP contribution in [0.5, 0.6) is 0 Å². The molecule has 0 spiro atoms. The lowest BCUT2D eigenvalue weighted by Crippen LogP contribution is -2.34. The summed E-state index contributed by atoms with van der Waals surface area (Å²) in [5, 5.41) is 8.93. The van der Waals surface area contributed by atoms with Crippen LogP contribution in [0.3, 0.4) is 0 Å². The summed E-state index contributed by atoms with van der Waals surface area (Å²) in [7, 11) is -4.62. The maximum atomic E-state index is 12.7. The van der Waals surface area contributed by atoms with E-state index in [0.29, 0.717) is 13.0 Å². The summed E-state index contributed by atoms with van der Waals surface area (Å²) < 4.78 is 33.5. The van der Waals surface area contributed by atoms with Crippen LogP contribution in [-0.4, -0.2) is 60.5 Å². The maximum absolute atomic E-state index is 12.7. The Balaban J connectivity index is 4.10. The van der Waals surface area contributed by atoms with Gasteiger partial charge in [-0.2, -0.15) is 0 Å². The number of nitrogens with two attached hydrogens (primary N) is 1. The third-order valence-electron chi connectivity index (χ3n) is 11.7. The van der Waals surface area contributed by atoms with Crippen molar-refractivity contribution in [2.45, 2.75) is 270 Å². The fourth-order valence-electron chi connectivity index (χ4n) is 7.60. The number of unbranched alkanes of at least 4 members (excludes halogenated alkanes) is 33. The lowest BCUT2D eigenvalue weighted by molar-refractivity contribution is -0.154. The molecule has 0 aliphatic carbocycles. The van der Waals surface area contributed by atoms with E-state index in [1.54, 1.807) is 0 Å². The number of rotatable bonds is 51. The van der Waals surface area contributed by atoms with Gasteiger partial charge in [0.15, 0.2) is 0 Å². The smallest absolute Gasteiger partial charge is 0.472 e. The monoisotopic (exact) mass is 914 g/mol. The molecule has 0 aliphatic heterocycles. The first kappa shape index (κ1) is 61.5. The van der Waals surface area contributed by atoms with Crippen molar-refractivity contribution in [3.8, 4) is 0 Å². The van der Waals surface area contributed by atoms with Crippen LogP contribution in [0.1, 0.15) is 258 Å². The van der Waals surface area contributed by atoms with Gasteiger partial charge in [-0.25, -0.2) is 4.57 Å². The molecular formula is C52H100NO9P. The first-order valence-corrected chi connectivity index (χ1v) is 27.9. The number of carboxylic acid groups (broad SMARTS) is 1. The summed E-state index contributed by atoms with van der Waals surface area (Å²) >= 11 is 0. The van der Waals surface area contributed by atoms with Gasteiger partial charge in [0.2, 0.25) is 0 Å². The molecule has 3 unspecified atom stereocenters. The van der Waals surface area contributed by atoms with Crippen LogP contribution in [0.25, 0.3) is 0 Å². The molecule has 0 fully saturated rings. The fourth-order valence-corrected chi connectivity index (χ4v) is 8.37. The molecule has 63 heavy (non-hydrogen) atoms. The van der Waals surface area contributed by atoms with Crippen LogP contribution >= 0.6 is 7.82 Å². The Morgan fingerprint density at radius 1 is 0.492 bits per heavy atom. The molecule has 0 bridgehead atoms. The second kappa shape index (κ2) is 48.4. The lowest BCUT2D eigenvalue weighted by atomic mass is 10.0. The van der Waals surface area contributed by atoms with Gasteiger partial charge in [-0.15, -0.1) is 0 Å². The second-order valence-corrected chi connectivity index (χ2v) is 19.5. The molecule has 0 heterocycles. The predicted octanol–water partition coefficient (Wildman–Crippen LogP) is 15.4. The zero-order chi connectivity index (χ0) is 46.2. The Morgan fingerprint density at radius 3 is 1.21 bits per heavy atom. The first-order valence-electron chi connectivity index (χ1n) is 26.4. The quantitative estimate of drug-likeness (QED) is 0.0232.